The number of ether oxygens (including phenoxy) is 1. The molecule has 0 bridgehead atoms. The smallest absolute Gasteiger partial charge is 0.305 e. The van der Waals surface area contributed by atoms with Crippen molar-refractivity contribution < 1.29 is 9.53 Å². The van der Waals surface area contributed by atoms with Crippen molar-refractivity contribution in [2.45, 2.75) is 51.4 Å². The van der Waals surface area contributed by atoms with E-state index in [1.807, 2.05) is 6.08 Å². The summed E-state index contributed by atoms with van der Waals surface area (Å²) in [6.45, 7) is 0.646. The summed E-state index contributed by atoms with van der Waals surface area (Å²) in [6.07, 6.45) is 13.0. The number of rotatable bonds is 10. The van der Waals surface area contributed by atoms with Gasteiger partial charge >= 0.3 is 5.97 Å². The largest absolute Gasteiger partial charge is 0.469 e. The molecule has 0 aromatic carbocycles. The molecule has 94 valence electrons. The van der Waals surface area contributed by atoms with Gasteiger partial charge in [-0.3, -0.25) is 4.79 Å². The molecule has 0 atom stereocenters. The molecule has 0 aromatic rings. The van der Waals surface area contributed by atoms with E-state index in [0.717, 1.165) is 19.3 Å². The molecule has 0 radical (unpaired) electrons. The Bertz CT molecular complexity index is 190. The Morgan fingerprint density at radius 1 is 1.06 bits per heavy atom. The van der Waals surface area contributed by atoms with Crippen molar-refractivity contribution in [2.75, 3.05) is 13.7 Å². The first-order valence-corrected chi connectivity index (χ1v) is 6.23. The highest BCUT2D eigenvalue weighted by Gasteiger charge is 1.98. The normalized spacial score (nSPS) is 10.9. The average Bonchev–Trinajstić information content (AvgIpc) is 2.31. The molecule has 0 amide bonds. The Morgan fingerprint density at radius 3 is 2.31 bits per heavy atom. The number of carbonyl (C=O) groups is 1. The predicted octanol–water partition coefficient (Wildman–Crippen LogP) is 2.80. The standard InChI is InChI=1S/C13H25NO2/c1-16-13(15)11-9-7-5-3-2-4-6-8-10-12-14/h8,10H,2-7,9,11-12,14H2,1H3/b10-8+. The second kappa shape index (κ2) is 12.2. The lowest BCUT2D eigenvalue weighted by Gasteiger charge is -2.00. The summed E-state index contributed by atoms with van der Waals surface area (Å²) in [6, 6.07) is 0. The summed E-state index contributed by atoms with van der Waals surface area (Å²) in [5, 5.41) is 0. The van der Waals surface area contributed by atoms with Crippen LogP contribution in [0.3, 0.4) is 0 Å². The molecule has 0 spiro atoms. The Labute approximate surface area is 99.0 Å². The molecule has 16 heavy (non-hydrogen) atoms. The minimum absolute atomic E-state index is 0.0908. The summed E-state index contributed by atoms with van der Waals surface area (Å²) >= 11 is 0. The highest BCUT2D eigenvalue weighted by atomic mass is 16.5. The molecule has 0 aromatic heterocycles. The van der Waals surface area contributed by atoms with E-state index in [0.29, 0.717) is 13.0 Å². The summed E-state index contributed by atoms with van der Waals surface area (Å²) in [5.74, 6) is -0.0908. The Morgan fingerprint density at radius 2 is 1.69 bits per heavy atom. The fourth-order valence-electron chi connectivity index (χ4n) is 1.55. The van der Waals surface area contributed by atoms with Crippen LogP contribution in [-0.2, 0) is 9.53 Å². The van der Waals surface area contributed by atoms with Gasteiger partial charge in [-0.1, -0.05) is 37.8 Å². The number of hydrogen-bond donors (Lipinski definition) is 1. The third-order valence-electron chi connectivity index (χ3n) is 2.53. The number of esters is 1. The first-order chi connectivity index (χ1) is 7.81. The molecule has 0 unspecified atom stereocenters. The van der Waals surface area contributed by atoms with Crippen LogP contribution in [0.25, 0.3) is 0 Å². The van der Waals surface area contributed by atoms with Crippen LogP contribution in [0.1, 0.15) is 51.4 Å². The van der Waals surface area contributed by atoms with Gasteiger partial charge in [-0.2, -0.15) is 0 Å². The Kier molecular flexibility index (Phi) is 11.6. The molecule has 0 fully saturated rings. The van der Waals surface area contributed by atoms with Crippen molar-refractivity contribution in [3.63, 3.8) is 0 Å². The minimum Gasteiger partial charge on any atom is -0.469 e. The Balaban J connectivity index is 3.04. The first kappa shape index (κ1) is 15.2. The molecule has 2 N–H and O–H groups in total. The third-order valence-corrected chi connectivity index (χ3v) is 2.53. The molecular weight excluding hydrogens is 202 g/mol. The van der Waals surface area contributed by atoms with E-state index < -0.39 is 0 Å². The van der Waals surface area contributed by atoms with Gasteiger partial charge in [0.1, 0.15) is 0 Å². The van der Waals surface area contributed by atoms with Crippen molar-refractivity contribution in [2.24, 2.45) is 5.73 Å². The zero-order chi connectivity index (χ0) is 12.1. The quantitative estimate of drug-likeness (QED) is 0.355. The maximum atomic E-state index is 10.8. The van der Waals surface area contributed by atoms with E-state index in [1.54, 1.807) is 0 Å². The van der Waals surface area contributed by atoms with Gasteiger partial charge in [0.2, 0.25) is 0 Å². The molecule has 0 saturated heterocycles. The van der Waals surface area contributed by atoms with Crippen LogP contribution in [0.15, 0.2) is 12.2 Å². The van der Waals surface area contributed by atoms with Gasteiger partial charge in [0.15, 0.2) is 0 Å². The molecule has 0 saturated carbocycles. The van der Waals surface area contributed by atoms with Crippen LogP contribution >= 0.6 is 0 Å². The minimum atomic E-state index is -0.0908. The van der Waals surface area contributed by atoms with Gasteiger partial charge in [-0.25, -0.2) is 0 Å². The predicted molar refractivity (Wildman–Crippen MR) is 67.1 cm³/mol. The lowest BCUT2D eigenvalue weighted by Crippen LogP contribution is -1.99. The zero-order valence-electron chi connectivity index (χ0n) is 10.4. The topological polar surface area (TPSA) is 52.3 Å². The van der Waals surface area contributed by atoms with Crippen LogP contribution in [0.2, 0.25) is 0 Å². The molecule has 0 heterocycles. The summed E-state index contributed by atoms with van der Waals surface area (Å²) < 4.78 is 4.58. The average molecular weight is 227 g/mol. The highest BCUT2D eigenvalue weighted by Crippen LogP contribution is 2.09. The van der Waals surface area contributed by atoms with Crippen LogP contribution in [0.5, 0.6) is 0 Å². The maximum Gasteiger partial charge on any atom is 0.305 e. The van der Waals surface area contributed by atoms with E-state index >= 15 is 0 Å². The van der Waals surface area contributed by atoms with Crippen molar-refractivity contribution >= 4 is 5.97 Å². The van der Waals surface area contributed by atoms with Gasteiger partial charge in [0.25, 0.3) is 0 Å². The van der Waals surface area contributed by atoms with Crippen LogP contribution in [0.4, 0.5) is 0 Å². The fourth-order valence-corrected chi connectivity index (χ4v) is 1.55. The van der Waals surface area contributed by atoms with Crippen molar-refractivity contribution in [1.29, 1.82) is 0 Å². The number of allylic oxidation sites excluding steroid dienone is 1. The summed E-state index contributed by atoms with van der Waals surface area (Å²) in [4.78, 5) is 10.8. The highest BCUT2D eigenvalue weighted by molar-refractivity contribution is 5.68. The molecule has 0 aliphatic carbocycles. The zero-order valence-corrected chi connectivity index (χ0v) is 10.4. The van der Waals surface area contributed by atoms with Gasteiger partial charge in [0, 0.05) is 13.0 Å². The lowest BCUT2D eigenvalue weighted by molar-refractivity contribution is -0.140. The number of carbonyl (C=O) groups excluding carboxylic acids is 1. The fraction of sp³-hybridized carbons (Fsp3) is 0.769. The van der Waals surface area contributed by atoms with Crippen LogP contribution in [0, 0.1) is 0 Å². The monoisotopic (exact) mass is 227 g/mol. The van der Waals surface area contributed by atoms with E-state index in [1.165, 1.54) is 32.8 Å². The molecule has 0 aliphatic heterocycles. The van der Waals surface area contributed by atoms with Gasteiger partial charge < -0.3 is 10.5 Å². The van der Waals surface area contributed by atoms with Crippen molar-refractivity contribution in [3.05, 3.63) is 12.2 Å². The van der Waals surface area contributed by atoms with Gasteiger partial charge in [-0.05, 0) is 19.3 Å². The molecule has 0 aliphatic rings. The molecule has 0 rings (SSSR count). The van der Waals surface area contributed by atoms with E-state index in [2.05, 4.69) is 10.8 Å². The molecule has 3 heteroatoms. The second-order valence-corrected chi connectivity index (χ2v) is 3.94. The van der Waals surface area contributed by atoms with Crippen molar-refractivity contribution in [1.82, 2.24) is 0 Å². The van der Waals surface area contributed by atoms with E-state index in [4.69, 9.17) is 5.73 Å². The van der Waals surface area contributed by atoms with Crippen molar-refractivity contribution in [3.8, 4) is 0 Å². The summed E-state index contributed by atoms with van der Waals surface area (Å²) in [5.41, 5.74) is 5.34. The van der Waals surface area contributed by atoms with Crippen LogP contribution < -0.4 is 5.73 Å². The number of methoxy groups -OCH3 is 1. The first-order valence-electron chi connectivity index (χ1n) is 6.23. The molecular formula is C13H25NO2. The number of hydrogen-bond acceptors (Lipinski definition) is 3. The number of unbranched alkanes of at least 4 members (excludes halogenated alkanes) is 6. The number of nitrogens with two attached hydrogens (primary N) is 1. The van der Waals surface area contributed by atoms with Crippen LogP contribution in [-0.4, -0.2) is 19.6 Å². The maximum absolute atomic E-state index is 10.8. The van der Waals surface area contributed by atoms with Gasteiger partial charge in [0.05, 0.1) is 7.11 Å². The van der Waals surface area contributed by atoms with E-state index in [-0.39, 0.29) is 5.97 Å². The lowest BCUT2D eigenvalue weighted by atomic mass is 10.1. The third kappa shape index (κ3) is 11.2. The Hall–Kier alpha value is -0.830. The molecule has 3 nitrogen and oxygen atoms in total. The van der Waals surface area contributed by atoms with Gasteiger partial charge in [-0.15, -0.1) is 0 Å². The SMILES string of the molecule is COC(=O)CCCCCCCC/C=C/CN. The summed E-state index contributed by atoms with van der Waals surface area (Å²) in [7, 11) is 1.44. The second-order valence-electron chi connectivity index (χ2n) is 3.94. The van der Waals surface area contributed by atoms with E-state index in [9.17, 15) is 4.79 Å².